The summed E-state index contributed by atoms with van der Waals surface area (Å²) in [5.41, 5.74) is 2.90. The fourth-order valence-corrected chi connectivity index (χ4v) is 2.47. The first-order valence-electron chi connectivity index (χ1n) is 7.74. The van der Waals surface area contributed by atoms with E-state index in [1.54, 1.807) is 30.3 Å². The van der Waals surface area contributed by atoms with Gasteiger partial charge in [0.1, 0.15) is 0 Å². The fourth-order valence-electron chi connectivity index (χ4n) is 2.47. The van der Waals surface area contributed by atoms with E-state index < -0.39 is 0 Å². The number of hydrogen-bond acceptors (Lipinski definition) is 3. The summed E-state index contributed by atoms with van der Waals surface area (Å²) >= 11 is 0. The number of rotatable bonds is 5. The third-order valence-corrected chi connectivity index (χ3v) is 3.87. The SMILES string of the molecule is C=Cc1ccc(CNC(=O)c2ccc(N3C(=O)C=CC3=O)cc2)cc1. The van der Waals surface area contributed by atoms with Gasteiger partial charge in [0, 0.05) is 24.3 Å². The van der Waals surface area contributed by atoms with E-state index in [-0.39, 0.29) is 17.7 Å². The highest BCUT2D eigenvalue weighted by Crippen LogP contribution is 2.19. The normalized spacial score (nSPS) is 13.2. The number of imide groups is 1. The maximum Gasteiger partial charge on any atom is 0.258 e. The van der Waals surface area contributed by atoms with Crippen LogP contribution in [0.5, 0.6) is 0 Å². The number of nitrogens with one attached hydrogen (secondary N) is 1. The van der Waals surface area contributed by atoms with E-state index in [1.807, 2.05) is 24.3 Å². The number of hydrogen-bond donors (Lipinski definition) is 1. The molecule has 3 rings (SSSR count). The van der Waals surface area contributed by atoms with Gasteiger partial charge in [-0.2, -0.15) is 0 Å². The van der Waals surface area contributed by atoms with Crippen LogP contribution in [-0.4, -0.2) is 17.7 Å². The Kier molecular flexibility index (Phi) is 4.57. The van der Waals surface area contributed by atoms with Gasteiger partial charge in [-0.05, 0) is 35.4 Å². The van der Waals surface area contributed by atoms with Crippen molar-refractivity contribution >= 4 is 29.5 Å². The zero-order valence-corrected chi connectivity index (χ0v) is 13.4. The van der Waals surface area contributed by atoms with E-state index in [2.05, 4.69) is 11.9 Å². The van der Waals surface area contributed by atoms with Crippen LogP contribution >= 0.6 is 0 Å². The summed E-state index contributed by atoms with van der Waals surface area (Å²) in [5.74, 6) is -0.994. The molecule has 1 aliphatic rings. The van der Waals surface area contributed by atoms with Gasteiger partial charge in [-0.3, -0.25) is 14.4 Å². The van der Waals surface area contributed by atoms with Gasteiger partial charge in [0.15, 0.2) is 0 Å². The lowest BCUT2D eigenvalue weighted by atomic mass is 10.1. The van der Waals surface area contributed by atoms with Crippen molar-refractivity contribution in [1.82, 2.24) is 5.32 Å². The molecule has 0 saturated carbocycles. The van der Waals surface area contributed by atoms with Crippen LogP contribution in [0.1, 0.15) is 21.5 Å². The van der Waals surface area contributed by atoms with E-state index >= 15 is 0 Å². The first kappa shape index (κ1) is 16.4. The average Bonchev–Trinajstić information content (AvgIpc) is 2.98. The minimum atomic E-state index is -0.384. The molecule has 1 heterocycles. The van der Waals surface area contributed by atoms with Crippen molar-refractivity contribution in [1.29, 1.82) is 0 Å². The smallest absolute Gasteiger partial charge is 0.258 e. The molecular formula is C20H16N2O3. The number of anilines is 1. The van der Waals surface area contributed by atoms with E-state index in [0.29, 0.717) is 17.8 Å². The van der Waals surface area contributed by atoms with Gasteiger partial charge < -0.3 is 5.32 Å². The second kappa shape index (κ2) is 6.97. The third kappa shape index (κ3) is 3.55. The lowest BCUT2D eigenvalue weighted by Crippen LogP contribution is -2.29. The van der Waals surface area contributed by atoms with Crippen LogP contribution in [-0.2, 0) is 16.1 Å². The molecule has 0 saturated heterocycles. The molecule has 3 amide bonds. The Bertz CT molecular complexity index is 847. The second-order valence-corrected chi connectivity index (χ2v) is 5.52. The molecule has 0 unspecified atom stereocenters. The van der Waals surface area contributed by atoms with Crippen LogP contribution in [0.4, 0.5) is 5.69 Å². The molecule has 2 aromatic carbocycles. The van der Waals surface area contributed by atoms with Crippen molar-refractivity contribution in [2.24, 2.45) is 0 Å². The van der Waals surface area contributed by atoms with Crippen LogP contribution in [0, 0.1) is 0 Å². The first-order valence-corrected chi connectivity index (χ1v) is 7.74. The fraction of sp³-hybridized carbons (Fsp3) is 0.0500. The maximum atomic E-state index is 12.2. The van der Waals surface area contributed by atoms with E-state index in [9.17, 15) is 14.4 Å². The molecule has 0 radical (unpaired) electrons. The minimum absolute atomic E-state index is 0.225. The molecule has 0 aliphatic carbocycles. The summed E-state index contributed by atoms with van der Waals surface area (Å²) in [4.78, 5) is 36.6. The highest BCUT2D eigenvalue weighted by molar-refractivity contribution is 6.28. The van der Waals surface area contributed by atoms with Crippen LogP contribution < -0.4 is 10.2 Å². The Morgan fingerprint density at radius 1 is 0.960 bits per heavy atom. The van der Waals surface area contributed by atoms with E-state index in [0.717, 1.165) is 16.0 Å². The van der Waals surface area contributed by atoms with E-state index in [4.69, 9.17) is 0 Å². The molecular weight excluding hydrogens is 316 g/mol. The molecule has 5 heteroatoms. The summed E-state index contributed by atoms with van der Waals surface area (Å²) < 4.78 is 0. The quantitative estimate of drug-likeness (QED) is 0.856. The molecule has 124 valence electrons. The highest BCUT2D eigenvalue weighted by atomic mass is 16.2. The number of carbonyl (C=O) groups excluding carboxylic acids is 3. The molecule has 0 fully saturated rings. The van der Waals surface area contributed by atoms with Crippen LogP contribution in [0.15, 0.2) is 67.3 Å². The maximum absolute atomic E-state index is 12.2. The summed E-state index contributed by atoms with van der Waals surface area (Å²) in [6.07, 6.45) is 4.20. The Morgan fingerprint density at radius 2 is 1.56 bits per heavy atom. The number of nitrogens with zero attached hydrogens (tertiary/aromatic N) is 1. The molecule has 0 atom stereocenters. The lowest BCUT2D eigenvalue weighted by Gasteiger charge is -2.14. The van der Waals surface area contributed by atoms with Crippen molar-refractivity contribution in [3.05, 3.63) is 84.0 Å². The van der Waals surface area contributed by atoms with Gasteiger partial charge in [0.2, 0.25) is 0 Å². The standard InChI is InChI=1S/C20H16N2O3/c1-2-14-3-5-15(6-4-14)13-21-20(25)16-7-9-17(10-8-16)22-18(23)11-12-19(22)24/h2-12H,1,13H2,(H,21,25). The van der Waals surface area contributed by atoms with Gasteiger partial charge in [0.25, 0.3) is 17.7 Å². The zero-order chi connectivity index (χ0) is 17.8. The Labute approximate surface area is 145 Å². The van der Waals surface area contributed by atoms with Crippen molar-refractivity contribution in [2.75, 3.05) is 4.90 Å². The summed E-state index contributed by atoms with van der Waals surface area (Å²) in [6, 6.07) is 14.1. The van der Waals surface area contributed by atoms with Gasteiger partial charge in [-0.15, -0.1) is 0 Å². The van der Waals surface area contributed by atoms with Crippen LogP contribution in [0.2, 0.25) is 0 Å². The molecule has 1 aliphatic heterocycles. The predicted octanol–water partition coefficient (Wildman–Crippen LogP) is 2.69. The Morgan fingerprint density at radius 3 is 2.12 bits per heavy atom. The Balaban J connectivity index is 1.63. The van der Waals surface area contributed by atoms with E-state index in [1.165, 1.54) is 12.2 Å². The Hall–Kier alpha value is -3.47. The topological polar surface area (TPSA) is 66.5 Å². The predicted molar refractivity (Wildman–Crippen MR) is 95.8 cm³/mol. The lowest BCUT2D eigenvalue weighted by molar-refractivity contribution is -0.119. The molecule has 0 spiro atoms. The van der Waals surface area contributed by atoms with Crippen molar-refractivity contribution in [3.8, 4) is 0 Å². The highest BCUT2D eigenvalue weighted by Gasteiger charge is 2.25. The monoisotopic (exact) mass is 332 g/mol. The van der Waals surface area contributed by atoms with Crippen LogP contribution in [0.25, 0.3) is 6.08 Å². The zero-order valence-electron chi connectivity index (χ0n) is 13.4. The van der Waals surface area contributed by atoms with Crippen molar-refractivity contribution < 1.29 is 14.4 Å². The minimum Gasteiger partial charge on any atom is -0.348 e. The molecule has 0 aromatic heterocycles. The number of carbonyl (C=O) groups is 3. The van der Waals surface area contributed by atoms with Gasteiger partial charge in [0.05, 0.1) is 5.69 Å². The molecule has 1 N–H and O–H groups in total. The van der Waals surface area contributed by atoms with Crippen LogP contribution in [0.3, 0.4) is 0 Å². The largest absolute Gasteiger partial charge is 0.348 e. The average molecular weight is 332 g/mol. The summed E-state index contributed by atoms with van der Waals surface area (Å²) in [6.45, 7) is 4.11. The number of benzene rings is 2. The second-order valence-electron chi connectivity index (χ2n) is 5.52. The first-order chi connectivity index (χ1) is 12.1. The van der Waals surface area contributed by atoms with Gasteiger partial charge in [-0.25, -0.2) is 4.90 Å². The molecule has 25 heavy (non-hydrogen) atoms. The summed E-state index contributed by atoms with van der Waals surface area (Å²) in [5, 5.41) is 2.83. The van der Waals surface area contributed by atoms with Gasteiger partial charge >= 0.3 is 0 Å². The van der Waals surface area contributed by atoms with Crippen molar-refractivity contribution in [3.63, 3.8) is 0 Å². The molecule has 0 bridgehead atoms. The summed E-state index contributed by atoms with van der Waals surface area (Å²) in [7, 11) is 0. The molecule has 2 aromatic rings. The van der Waals surface area contributed by atoms with Crippen molar-refractivity contribution in [2.45, 2.75) is 6.54 Å². The van der Waals surface area contributed by atoms with Gasteiger partial charge in [-0.1, -0.05) is 36.9 Å². The number of amides is 3. The third-order valence-electron chi connectivity index (χ3n) is 3.87. The molecule has 5 nitrogen and oxygen atoms in total.